The van der Waals surface area contributed by atoms with Crippen molar-refractivity contribution in [3.05, 3.63) is 12.3 Å². The fourth-order valence-corrected chi connectivity index (χ4v) is 3.57. The summed E-state index contributed by atoms with van der Waals surface area (Å²) in [5, 5.41) is 49.4. The molecule has 0 heterocycles. The first-order valence-corrected chi connectivity index (χ1v) is 12.5. The van der Waals surface area contributed by atoms with Crippen LogP contribution in [0, 0.1) is 5.92 Å². The summed E-state index contributed by atoms with van der Waals surface area (Å²) in [6.45, 7) is 5.14. The van der Waals surface area contributed by atoms with Crippen LogP contribution in [0.3, 0.4) is 0 Å². The second-order valence-corrected chi connectivity index (χ2v) is 9.37. The summed E-state index contributed by atoms with van der Waals surface area (Å²) in [6, 6.07) is -0.821. The average Bonchev–Trinajstić information content (AvgIpc) is 2.78. The smallest absolute Gasteiger partial charge is 0.317 e. The van der Waals surface area contributed by atoms with Gasteiger partial charge in [0.25, 0.3) is 0 Å². The number of aliphatic hydroxyl groups is 1. The molecule has 1 atom stereocenters. The fourth-order valence-electron chi connectivity index (χ4n) is 3.57. The second-order valence-electron chi connectivity index (χ2n) is 9.37. The van der Waals surface area contributed by atoms with Crippen LogP contribution in [-0.2, 0) is 28.7 Å². The van der Waals surface area contributed by atoms with Crippen LogP contribution >= 0.6 is 0 Å². The summed E-state index contributed by atoms with van der Waals surface area (Å²) in [7, 11) is 0. The van der Waals surface area contributed by atoms with Crippen LogP contribution in [-0.4, -0.2) is 148 Å². The van der Waals surface area contributed by atoms with Gasteiger partial charge in [0.05, 0.1) is 45.1 Å². The predicted octanol–water partition coefficient (Wildman–Crippen LogP) is -0.760. The van der Waals surface area contributed by atoms with E-state index in [0.717, 1.165) is 4.90 Å². The highest BCUT2D eigenvalue weighted by Gasteiger charge is 2.27. The van der Waals surface area contributed by atoms with Crippen LogP contribution in [0.2, 0.25) is 0 Å². The monoisotopic (exact) mass is 562 g/mol. The van der Waals surface area contributed by atoms with Gasteiger partial charge in [0.1, 0.15) is 0 Å². The molecule has 6 N–H and O–H groups in total. The van der Waals surface area contributed by atoms with Gasteiger partial charge >= 0.3 is 23.9 Å². The molecule has 0 fully saturated rings. The van der Waals surface area contributed by atoms with Gasteiger partial charge in [-0.3, -0.25) is 38.7 Å². The van der Waals surface area contributed by atoms with Gasteiger partial charge in [0.15, 0.2) is 0 Å². The van der Waals surface area contributed by atoms with Crippen molar-refractivity contribution in [2.75, 3.05) is 72.1 Å². The summed E-state index contributed by atoms with van der Waals surface area (Å²) in [6.07, 6.45) is 1.19. The summed E-state index contributed by atoms with van der Waals surface area (Å²) in [5.74, 6) is -5.39. The van der Waals surface area contributed by atoms with Crippen molar-refractivity contribution >= 4 is 29.8 Å². The van der Waals surface area contributed by atoms with E-state index in [1.54, 1.807) is 13.8 Å². The zero-order valence-electron chi connectivity index (χ0n) is 22.6. The number of carboxylic acids is 4. The van der Waals surface area contributed by atoms with Gasteiger partial charge in [-0.1, -0.05) is 20.4 Å². The van der Waals surface area contributed by atoms with E-state index in [-0.39, 0.29) is 57.0 Å². The fraction of sp³-hybridized carbons (Fsp3) is 0.708. The molecule has 0 aromatic carbocycles. The Balaban J connectivity index is 5.42. The number of nitrogens with one attached hydrogen (secondary N) is 1. The number of hydrogen-bond donors (Lipinski definition) is 6. The zero-order valence-corrected chi connectivity index (χ0v) is 22.6. The van der Waals surface area contributed by atoms with Crippen molar-refractivity contribution in [3.8, 4) is 0 Å². The maximum Gasteiger partial charge on any atom is 0.317 e. The first-order chi connectivity index (χ1) is 18.2. The SMILES string of the molecule is C=C(O)CN(CCN(CC(=O)O)CC(COCCCCNC(=O)C(C)C)N(CC(=O)O)CC(=O)O)CC(=O)O. The summed E-state index contributed by atoms with van der Waals surface area (Å²) in [4.78, 5) is 61.0. The highest BCUT2D eigenvalue weighted by Crippen LogP contribution is 2.07. The predicted molar refractivity (Wildman–Crippen MR) is 138 cm³/mol. The molecule has 0 aromatic heterocycles. The number of rotatable bonds is 24. The largest absolute Gasteiger partial charge is 0.512 e. The Morgan fingerprint density at radius 3 is 1.77 bits per heavy atom. The number of carbonyl (C=O) groups is 5. The molecule has 0 spiro atoms. The zero-order chi connectivity index (χ0) is 30.0. The van der Waals surface area contributed by atoms with Gasteiger partial charge in [0, 0.05) is 44.7 Å². The topological polar surface area (TPSA) is 217 Å². The number of aliphatic carboxylic acids is 4. The minimum Gasteiger partial charge on any atom is -0.512 e. The molecule has 0 saturated carbocycles. The van der Waals surface area contributed by atoms with E-state index in [1.165, 1.54) is 9.80 Å². The number of ether oxygens (including phenoxy) is 1. The third kappa shape index (κ3) is 19.5. The van der Waals surface area contributed by atoms with Crippen LogP contribution in [0.25, 0.3) is 0 Å². The normalized spacial score (nSPS) is 12.2. The average molecular weight is 563 g/mol. The van der Waals surface area contributed by atoms with Crippen molar-refractivity contribution in [2.24, 2.45) is 5.92 Å². The Morgan fingerprint density at radius 2 is 1.28 bits per heavy atom. The lowest BCUT2D eigenvalue weighted by molar-refractivity contribution is -0.145. The number of hydrogen-bond acceptors (Lipinski definition) is 10. The summed E-state index contributed by atoms with van der Waals surface area (Å²) in [5.41, 5.74) is 0. The van der Waals surface area contributed by atoms with Crippen molar-refractivity contribution in [2.45, 2.75) is 32.7 Å². The molecule has 0 bridgehead atoms. The summed E-state index contributed by atoms with van der Waals surface area (Å²) >= 11 is 0. The van der Waals surface area contributed by atoms with Crippen LogP contribution in [0.15, 0.2) is 12.3 Å². The Labute approximate surface area is 227 Å². The Hall–Kier alpha value is -3.27. The van der Waals surface area contributed by atoms with E-state index in [0.29, 0.717) is 19.4 Å². The lowest BCUT2D eigenvalue weighted by Gasteiger charge is -2.34. The molecule has 15 heteroatoms. The molecule has 0 aliphatic rings. The molecule has 0 rings (SSSR count). The van der Waals surface area contributed by atoms with Crippen molar-refractivity contribution in [1.82, 2.24) is 20.0 Å². The Bertz CT molecular complexity index is 790. The molecule has 224 valence electrons. The molecule has 1 unspecified atom stereocenters. The van der Waals surface area contributed by atoms with Gasteiger partial charge < -0.3 is 35.6 Å². The number of carboxylic acid groups (broad SMARTS) is 4. The molecule has 0 saturated heterocycles. The van der Waals surface area contributed by atoms with E-state index in [9.17, 15) is 44.4 Å². The number of aliphatic hydroxyl groups excluding tert-OH is 1. The third-order valence-electron chi connectivity index (χ3n) is 5.37. The van der Waals surface area contributed by atoms with E-state index in [2.05, 4.69) is 11.9 Å². The highest BCUT2D eigenvalue weighted by molar-refractivity contribution is 5.77. The maximum atomic E-state index is 11.6. The lowest BCUT2D eigenvalue weighted by atomic mass is 10.2. The Morgan fingerprint density at radius 1 is 0.769 bits per heavy atom. The first kappa shape index (κ1) is 35.7. The van der Waals surface area contributed by atoms with E-state index < -0.39 is 56.1 Å². The molecular formula is C24H42N4O11. The lowest BCUT2D eigenvalue weighted by Crippen LogP contribution is -2.52. The van der Waals surface area contributed by atoms with Gasteiger partial charge in [0.2, 0.25) is 5.91 Å². The molecular weight excluding hydrogens is 520 g/mol. The number of nitrogens with zero attached hydrogens (tertiary/aromatic N) is 3. The summed E-state index contributed by atoms with van der Waals surface area (Å²) < 4.78 is 5.68. The molecule has 0 aromatic rings. The van der Waals surface area contributed by atoms with Gasteiger partial charge in [-0.2, -0.15) is 0 Å². The van der Waals surface area contributed by atoms with Crippen LogP contribution < -0.4 is 5.32 Å². The van der Waals surface area contributed by atoms with Gasteiger partial charge in [-0.15, -0.1) is 0 Å². The van der Waals surface area contributed by atoms with Crippen molar-refractivity contribution in [1.29, 1.82) is 0 Å². The number of unbranched alkanes of at least 4 members (excludes halogenated alkanes) is 1. The molecule has 0 radical (unpaired) electrons. The van der Waals surface area contributed by atoms with Crippen LogP contribution in [0.1, 0.15) is 26.7 Å². The van der Waals surface area contributed by atoms with E-state index in [1.807, 2.05) is 0 Å². The van der Waals surface area contributed by atoms with Crippen LogP contribution in [0.4, 0.5) is 0 Å². The standard InChI is InChI=1S/C24H42N4O11/c1-17(2)24(38)25-6-4-5-9-39-16-19(28(14-22(34)35)15-23(36)37)11-27(13-21(32)33)8-7-26(10-18(3)29)12-20(30)31/h17,19,29H,3-16H2,1-2H3,(H,25,38)(H,30,31)(H,32,33)(H,34,35)(H,36,37). The number of carbonyl (C=O) groups excluding carboxylic acids is 1. The maximum absolute atomic E-state index is 11.6. The Kier molecular flexibility index (Phi) is 18.1. The van der Waals surface area contributed by atoms with E-state index in [4.69, 9.17) is 9.84 Å². The minimum absolute atomic E-state index is 0.0207. The molecule has 0 aliphatic heterocycles. The van der Waals surface area contributed by atoms with Gasteiger partial charge in [-0.25, -0.2) is 0 Å². The second kappa shape index (κ2) is 19.7. The minimum atomic E-state index is -1.28. The van der Waals surface area contributed by atoms with Crippen molar-refractivity contribution < 1.29 is 54.2 Å². The third-order valence-corrected chi connectivity index (χ3v) is 5.37. The van der Waals surface area contributed by atoms with Gasteiger partial charge in [-0.05, 0) is 12.8 Å². The molecule has 15 nitrogen and oxygen atoms in total. The highest BCUT2D eigenvalue weighted by atomic mass is 16.5. The van der Waals surface area contributed by atoms with Crippen molar-refractivity contribution in [3.63, 3.8) is 0 Å². The van der Waals surface area contributed by atoms with Crippen LogP contribution in [0.5, 0.6) is 0 Å². The quantitative estimate of drug-likeness (QED) is 0.0629. The molecule has 39 heavy (non-hydrogen) atoms. The first-order valence-electron chi connectivity index (χ1n) is 12.5. The molecule has 1 amide bonds. The number of amides is 1. The van der Waals surface area contributed by atoms with E-state index >= 15 is 0 Å². The molecule has 0 aliphatic carbocycles.